The van der Waals surface area contributed by atoms with Crippen molar-refractivity contribution < 1.29 is 4.79 Å². The molecule has 0 aliphatic heterocycles. The van der Waals surface area contributed by atoms with Gasteiger partial charge in [0, 0.05) is 33.6 Å². The normalized spacial score (nSPS) is 10.9. The number of ketones is 1. The average Bonchev–Trinajstić information content (AvgIpc) is 2.96. The molecule has 0 radical (unpaired) electrons. The number of nitrogens with one attached hydrogen (secondary N) is 1. The zero-order valence-corrected chi connectivity index (χ0v) is 10.2. The van der Waals surface area contributed by atoms with Crippen molar-refractivity contribution in [1.82, 2.24) is 4.98 Å². The lowest BCUT2D eigenvalue weighted by Gasteiger charge is -1.97. The molecule has 0 spiro atoms. The molecule has 0 atom stereocenters. The molecule has 2 aromatic heterocycles. The molecule has 0 aliphatic rings. The number of carbonyl (C=O) groups excluding carboxylic acids is 1. The largest absolute Gasteiger partial charge is 0.360 e. The van der Waals surface area contributed by atoms with Gasteiger partial charge in [-0.05, 0) is 30.0 Å². The summed E-state index contributed by atoms with van der Waals surface area (Å²) in [6.07, 6.45) is 1.80. The van der Waals surface area contributed by atoms with Gasteiger partial charge < -0.3 is 4.98 Å². The van der Waals surface area contributed by atoms with E-state index >= 15 is 0 Å². The lowest BCUT2D eigenvalue weighted by molar-refractivity contribution is 0.104. The predicted octanol–water partition coefficient (Wildman–Crippen LogP) is 3.77. The van der Waals surface area contributed by atoms with E-state index in [-0.39, 0.29) is 5.78 Å². The van der Waals surface area contributed by atoms with Crippen LogP contribution in [-0.2, 0) is 0 Å². The fourth-order valence-electron chi connectivity index (χ4n) is 1.98. The number of H-pyrrole nitrogens is 1. The van der Waals surface area contributed by atoms with Crippen LogP contribution in [0.2, 0.25) is 0 Å². The van der Waals surface area contributed by atoms with Gasteiger partial charge in [0.05, 0.1) is 0 Å². The third-order valence-corrected chi connectivity index (χ3v) is 3.55. The van der Waals surface area contributed by atoms with E-state index in [1.165, 1.54) is 5.56 Å². The van der Waals surface area contributed by atoms with Crippen molar-refractivity contribution >= 4 is 28.0 Å². The monoisotopic (exact) mass is 241 g/mol. The first-order valence-electron chi connectivity index (χ1n) is 5.40. The number of benzene rings is 1. The van der Waals surface area contributed by atoms with Gasteiger partial charge in [-0.25, -0.2) is 0 Å². The topological polar surface area (TPSA) is 32.9 Å². The van der Waals surface area contributed by atoms with Gasteiger partial charge in [0.25, 0.3) is 0 Å². The third kappa shape index (κ3) is 1.68. The van der Waals surface area contributed by atoms with Crippen molar-refractivity contribution in [2.75, 3.05) is 0 Å². The number of rotatable bonds is 2. The summed E-state index contributed by atoms with van der Waals surface area (Å²) >= 11 is 1.54. The molecule has 3 aromatic rings. The molecular formula is C14H11NOS. The standard InChI is InChI=1S/C14H11NOS/c1-9-2-3-11-12(7-15-13(11)6-9)14(16)10-4-5-17-8-10/h2-8,15H,1H3. The number of fused-ring (bicyclic) bond motifs is 1. The van der Waals surface area contributed by atoms with Crippen LogP contribution >= 0.6 is 11.3 Å². The number of thiophene rings is 1. The Balaban J connectivity index is 2.15. The van der Waals surface area contributed by atoms with Gasteiger partial charge in [-0.15, -0.1) is 0 Å². The van der Waals surface area contributed by atoms with Gasteiger partial charge >= 0.3 is 0 Å². The highest BCUT2D eigenvalue weighted by Crippen LogP contribution is 2.22. The van der Waals surface area contributed by atoms with Crippen LogP contribution in [0.25, 0.3) is 10.9 Å². The van der Waals surface area contributed by atoms with Gasteiger partial charge in [-0.1, -0.05) is 12.1 Å². The van der Waals surface area contributed by atoms with Gasteiger partial charge in [0.1, 0.15) is 0 Å². The van der Waals surface area contributed by atoms with Crippen LogP contribution in [0.3, 0.4) is 0 Å². The van der Waals surface area contributed by atoms with Crippen molar-refractivity contribution in [1.29, 1.82) is 0 Å². The van der Waals surface area contributed by atoms with Crippen molar-refractivity contribution in [3.05, 3.63) is 57.9 Å². The molecule has 2 nitrogen and oxygen atoms in total. The fraction of sp³-hybridized carbons (Fsp3) is 0.0714. The van der Waals surface area contributed by atoms with E-state index in [4.69, 9.17) is 0 Å². The molecule has 84 valence electrons. The van der Waals surface area contributed by atoms with E-state index in [0.717, 1.165) is 22.0 Å². The molecule has 2 heterocycles. The minimum Gasteiger partial charge on any atom is -0.360 e. The zero-order chi connectivity index (χ0) is 11.8. The number of hydrogen-bond acceptors (Lipinski definition) is 2. The van der Waals surface area contributed by atoms with E-state index in [1.807, 2.05) is 35.9 Å². The first kappa shape index (κ1) is 10.3. The lowest BCUT2D eigenvalue weighted by atomic mass is 10.0. The summed E-state index contributed by atoms with van der Waals surface area (Å²) < 4.78 is 0. The molecule has 0 saturated heterocycles. The summed E-state index contributed by atoms with van der Waals surface area (Å²) in [5.41, 5.74) is 3.72. The van der Waals surface area contributed by atoms with Crippen molar-refractivity contribution in [2.45, 2.75) is 6.92 Å². The van der Waals surface area contributed by atoms with Gasteiger partial charge in [0.15, 0.2) is 5.78 Å². The Labute approximate surface area is 103 Å². The maximum atomic E-state index is 12.3. The van der Waals surface area contributed by atoms with Crippen LogP contribution in [0.1, 0.15) is 21.5 Å². The minimum atomic E-state index is 0.0846. The van der Waals surface area contributed by atoms with Crippen molar-refractivity contribution in [3.63, 3.8) is 0 Å². The van der Waals surface area contributed by atoms with Crippen LogP contribution in [0.4, 0.5) is 0 Å². The highest BCUT2D eigenvalue weighted by Gasteiger charge is 2.14. The number of hydrogen-bond donors (Lipinski definition) is 1. The van der Waals surface area contributed by atoms with E-state index in [9.17, 15) is 4.79 Å². The van der Waals surface area contributed by atoms with Crippen molar-refractivity contribution in [3.8, 4) is 0 Å². The van der Waals surface area contributed by atoms with Crippen LogP contribution in [-0.4, -0.2) is 10.8 Å². The molecule has 1 N–H and O–H groups in total. The highest BCUT2D eigenvalue weighted by atomic mass is 32.1. The second-order valence-electron chi connectivity index (χ2n) is 4.09. The van der Waals surface area contributed by atoms with E-state index in [1.54, 1.807) is 17.5 Å². The first-order chi connectivity index (χ1) is 8.25. The Hall–Kier alpha value is -1.87. The van der Waals surface area contributed by atoms with Crippen molar-refractivity contribution in [2.24, 2.45) is 0 Å². The van der Waals surface area contributed by atoms with Gasteiger partial charge in [0.2, 0.25) is 0 Å². The summed E-state index contributed by atoms with van der Waals surface area (Å²) in [6.45, 7) is 2.04. The molecule has 17 heavy (non-hydrogen) atoms. The fourth-order valence-corrected chi connectivity index (χ4v) is 2.61. The maximum Gasteiger partial charge on any atom is 0.196 e. The number of aryl methyl sites for hydroxylation is 1. The molecule has 0 aliphatic carbocycles. The summed E-state index contributed by atoms with van der Waals surface area (Å²) in [5, 5.41) is 4.80. The highest BCUT2D eigenvalue weighted by molar-refractivity contribution is 7.08. The molecule has 3 rings (SSSR count). The van der Waals surface area contributed by atoms with E-state index in [2.05, 4.69) is 11.1 Å². The third-order valence-electron chi connectivity index (χ3n) is 2.87. The Morgan fingerprint density at radius 1 is 1.29 bits per heavy atom. The first-order valence-corrected chi connectivity index (χ1v) is 6.34. The minimum absolute atomic E-state index is 0.0846. The molecule has 0 unspecified atom stereocenters. The molecule has 0 bridgehead atoms. The van der Waals surface area contributed by atoms with Crippen LogP contribution in [0.5, 0.6) is 0 Å². The Morgan fingerprint density at radius 2 is 2.18 bits per heavy atom. The Morgan fingerprint density at radius 3 is 2.94 bits per heavy atom. The summed E-state index contributed by atoms with van der Waals surface area (Å²) in [6, 6.07) is 7.95. The summed E-state index contributed by atoms with van der Waals surface area (Å²) in [4.78, 5) is 15.4. The van der Waals surface area contributed by atoms with Crippen LogP contribution < -0.4 is 0 Å². The summed E-state index contributed by atoms with van der Waals surface area (Å²) in [7, 11) is 0. The van der Waals surface area contributed by atoms with E-state index in [0.29, 0.717) is 0 Å². The molecule has 1 aromatic carbocycles. The second-order valence-corrected chi connectivity index (χ2v) is 4.87. The molecule has 0 fully saturated rings. The maximum absolute atomic E-state index is 12.3. The van der Waals surface area contributed by atoms with Gasteiger partial charge in [-0.2, -0.15) is 11.3 Å². The molecular weight excluding hydrogens is 230 g/mol. The van der Waals surface area contributed by atoms with Gasteiger partial charge in [-0.3, -0.25) is 4.79 Å². The number of carbonyl (C=O) groups is 1. The SMILES string of the molecule is Cc1ccc2c(C(=O)c3ccsc3)c[nH]c2c1. The predicted molar refractivity (Wildman–Crippen MR) is 70.8 cm³/mol. The molecule has 0 amide bonds. The second kappa shape index (κ2) is 3.86. The zero-order valence-electron chi connectivity index (χ0n) is 9.36. The summed E-state index contributed by atoms with van der Waals surface area (Å²) in [5.74, 6) is 0.0846. The van der Waals surface area contributed by atoms with E-state index < -0.39 is 0 Å². The van der Waals surface area contributed by atoms with Crippen LogP contribution in [0.15, 0.2) is 41.2 Å². The number of aromatic amines is 1. The Kier molecular flexibility index (Phi) is 2.34. The lowest BCUT2D eigenvalue weighted by Crippen LogP contribution is -1.97. The Bertz CT molecular complexity index is 679. The molecule has 3 heteroatoms. The van der Waals surface area contributed by atoms with Crippen LogP contribution in [0, 0.1) is 6.92 Å². The smallest absolute Gasteiger partial charge is 0.196 e. The average molecular weight is 241 g/mol. The quantitative estimate of drug-likeness (QED) is 0.681. The molecule has 0 saturated carbocycles. The number of aromatic nitrogens is 1.